The lowest BCUT2D eigenvalue weighted by atomic mass is 10.1. The van der Waals surface area contributed by atoms with E-state index in [4.69, 9.17) is 8.83 Å². The second-order valence-corrected chi connectivity index (χ2v) is 9.35. The Labute approximate surface area is 195 Å². The van der Waals surface area contributed by atoms with Crippen molar-refractivity contribution in [3.8, 4) is 11.6 Å². The minimum Gasteiger partial charge on any atom is -0.468 e. The van der Waals surface area contributed by atoms with Crippen molar-refractivity contribution in [3.63, 3.8) is 0 Å². The first-order valence-corrected chi connectivity index (χ1v) is 11.9. The Morgan fingerprint density at radius 1 is 0.970 bits per heavy atom. The van der Waals surface area contributed by atoms with Crippen molar-refractivity contribution in [2.45, 2.75) is 23.0 Å². The van der Waals surface area contributed by atoms with Crippen molar-refractivity contribution in [1.82, 2.24) is 24.6 Å². The number of thioether (sulfide) groups is 1. The zero-order chi connectivity index (χ0) is 22.2. The van der Waals surface area contributed by atoms with Gasteiger partial charge in [0, 0.05) is 32.7 Å². The van der Waals surface area contributed by atoms with Crippen LogP contribution >= 0.6 is 11.8 Å². The van der Waals surface area contributed by atoms with Gasteiger partial charge in [-0.25, -0.2) is 0 Å². The van der Waals surface area contributed by atoms with Crippen LogP contribution in [0.1, 0.15) is 22.2 Å². The molecular formula is C24H23N5O3S. The van der Waals surface area contributed by atoms with Gasteiger partial charge in [0.1, 0.15) is 11.0 Å². The molecule has 1 fully saturated rings. The molecular weight excluding hydrogens is 438 g/mol. The Morgan fingerprint density at radius 2 is 1.76 bits per heavy atom. The van der Waals surface area contributed by atoms with Crippen molar-refractivity contribution in [1.29, 1.82) is 0 Å². The van der Waals surface area contributed by atoms with E-state index in [1.807, 2.05) is 18.2 Å². The fourth-order valence-corrected chi connectivity index (χ4v) is 5.77. The van der Waals surface area contributed by atoms with Gasteiger partial charge >= 0.3 is 0 Å². The molecule has 0 saturated carbocycles. The van der Waals surface area contributed by atoms with Crippen LogP contribution < -0.4 is 0 Å². The molecule has 2 unspecified atom stereocenters. The smallest absolute Gasteiger partial charge is 0.265 e. The molecule has 0 spiro atoms. The molecule has 9 heteroatoms. The molecule has 2 aliphatic rings. The molecule has 0 N–H and O–H groups in total. The molecule has 1 aromatic carbocycles. The Hall–Kier alpha value is -3.14. The van der Waals surface area contributed by atoms with Crippen LogP contribution in [-0.4, -0.2) is 61.9 Å². The highest BCUT2D eigenvalue weighted by molar-refractivity contribution is 8.00. The predicted octanol–water partition coefficient (Wildman–Crippen LogP) is 3.80. The minimum absolute atomic E-state index is 0.0755. The lowest BCUT2D eigenvalue weighted by Crippen LogP contribution is -2.50. The third-order valence-electron chi connectivity index (χ3n) is 6.17. The average molecular weight is 462 g/mol. The summed E-state index contributed by atoms with van der Waals surface area (Å²) in [5.41, 5.74) is 1.32. The molecule has 0 aliphatic carbocycles. The number of carbonyl (C=O) groups is 1. The van der Waals surface area contributed by atoms with E-state index >= 15 is 0 Å². The summed E-state index contributed by atoms with van der Waals surface area (Å²) in [6.07, 6.45) is 3.24. The molecule has 5 heterocycles. The number of piperazine rings is 1. The highest BCUT2D eigenvalue weighted by Gasteiger charge is 2.45. The maximum atomic E-state index is 13.4. The maximum Gasteiger partial charge on any atom is 0.265 e. The van der Waals surface area contributed by atoms with Gasteiger partial charge in [0.2, 0.25) is 5.82 Å². The number of aromatic nitrogens is 3. The van der Waals surface area contributed by atoms with Gasteiger partial charge in [-0.3, -0.25) is 14.6 Å². The zero-order valence-corrected chi connectivity index (χ0v) is 18.7. The summed E-state index contributed by atoms with van der Waals surface area (Å²) in [6, 6.07) is 17.8. The average Bonchev–Trinajstić information content (AvgIpc) is 3.64. The first-order valence-electron chi connectivity index (χ1n) is 11.0. The number of rotatable bonds is 6. The second kappa shape index (κ2) is 8.66. The maximum absolute atomic E-state index is 13.4. The van der Waals surface area contributed by atoms with Crippen LogP contribution in [0.2, 0.25) is 0 Å². The summed E-state index contributed by atoms with van der Waals surface area (Å²) in [7, 11) is 0. The Morgan fingerprint density at radius 3 is 2.45 bits per heavy atom. The lowest BCUT2D eigenvalue weighted by molar-refractivity contribution is 0.0666. The van der Waals surface area contributed by atoms with Crippen LogP contribution in [-0.2, 0) is 6.54 Å². The van der Waals surface area contributed by atoms with E-state index in [0.717, 1.165) is 38.5 Å². The third kappa shape index (κ3) is 3.92. The number of fused-ring (bicyclic) bond motifs is 1. The van der Waals surface area contributed by atoms with E-state index in [-0.39, 0.29) is 17.2 Å². The van der Waals surface area contributed by atoms with Gasteiger partial charge in [-0.15, -0.1) is 5.10 Å². The molecule has 2 aliphatic heterocycles. The first-order chi connectivity index (χ1) is 16.3. The molecule has 33 heavy (non-hydrogen) atoms. The van der Waals surface area contributed by atoms with E-state index in [1.54, 1.807) is 24.7 Å². The highest BCUT2D eigenvalue weighted by Crippen LogP contribution is 2.42. The molecule has 0 amide bonds. The Bertz CT molecular complexity index is 1210. The molecule has 8 nitrogen and oxygen atoms in total. The van der Waals surface area contributed by atoms with Crippen LogP contribution in [0, 0.1) is 0 Å². The van der Waals surface area contributed by atoms with Gasteiger partial charge in [0.05, 0.1) is 18.6 Å². The topological polar surface area (TPSA) is 80.5 Å². The lowest BCUT2D eigenvalue weighted by Gasteiger charge is -2.39. The second-order valence-electron chi connectivity index (χ2n) is 8.24. The van der Waals surface area contributed by atoms with Crippen LogP contribution in [0.4, 0.5) is 0 Å². The van der Waals surface area contributed by atoms with Gasteiger partial charge in [0.25, 0.3) is 5.91 Å². The minimum atomic E-state index is -0.363. The molecule has 4 aromatic rings. The van der Waals surface area contributed by atoms with E-state index in [0.29, 0.717) is 16.7 Å². The number of hydrogen-bond acceptors (Lipinski definition) is 8. The Kier molecular flexibility index (Phi) is 5.37. The van der Waals surface area contributed by atoms with Crippen LogP contribution in [0.3, 0.4) is 0 Å². The quantitative estimate of drug-likeness (QED) is 0.429. The summed E-state index contributed by atoms with van der Waals surface area (Å²) < 4.78 is 12.6. The van der Waals surface area contributed by atoms with Crippen molar-refractivity contribution in [3.05, 3.63) is 78.4 Å². The van der Waals surface area contributed by atoms with Crippen molar-refractivity contribution < 1.29 is 13.6 Å². The number of benzene rings is 1. The van der Waals surface area contributed by atoms with Gasteiger partial charge in [-0.1, -0.05) is 42.1 Å². The van der Waals surface area contributed by atoms with E-state index in [1.165, 1.54) is 22.0 Å². The van der Waals surface area contributed by atoms with Crippen molar-refractivity contribution >= 4 is 17.7 Å². The van der Waals surface area contributed by atoms with Gasteiger partial charge < -0.3 is 8.83 Å². The SMILES string of the molecule is O=C1C(C(c2ccco2)N2CCN(Cc3ccccc3)CC2)Sc2nc(-c3ccco3)nn21. The fourth-order valence-electron chi connectivity index (χ4n) is 4.53. The summed E-state index contributed by atoms with van der Waals surface area (Å²) >= 11 is 1.45. The molecule has 0 bridgehead atoms. The molecule has 168 valence electrons. The summed E-state index contributed by atoms with van der Waals surface area (Å²) in [5.74, 6) is 1.71. The standard InChI is InChI=1S/C24H23N5O3S/c30-23-21(33-24-25-22(26-29(23)24)19-9-5-15-32-19)20(18-8-4-14-31-18)28-12-10-27(11-13-28)16-17-6-2-1-3-7-17/h1-9,14-15,20-21H,10-13,16H2. The van der Waals surface area contributed by atoms with E-state index in [9.17, 15) is 4.79 Å². The number of nitrogens with zero attached hydrogens (tertiary/aromatic N) is 5. The van der Waals surface area contributed by atoms with Gasteiger partial charge in [0.15, 0.2) is 10.9 Å². The molecule has 3 aromatic heterocycles. The van der Waals surface area contributed by atoms with Crippen LogP contribution in [0.15, 0.2) is 81.1 Å². The molecule has 2 atom stereocenters. The number of carbonyl (C=O) groups excluding carboxylic acids is 1. The summed E-state index contributed by atoms with van der Waals surface area (Å²) in [5, 5.41) is 4.65. The first kappa shape index (κ1) is 20.5. The van der Waals surface area contributed by atoms with Crippen molar-refractivity contribution in [2.75, 3.05) is 26.2 Å². The molecule has 1 saturated heterocycles. The van der Waals surface area contributed by atoms with Crippen LogP contribution in [0.5, 0.6) is 0 Å². The summed E-state index contributed by atoms with van der Waals surface area (Å²) in [6.45, 7) is 4.52. The molecule has 6 rings (SSSR count). The van der Waals surface area contributed by atoms with Gasteiger partial charge in [-0.05, 0) is 29.8 Å². The monoisotopic (exact) mass is 461 g/mol. The van der Waals surface area contributed by atoms with E-state index < -0.39 is 0 Å². The third-order valence-corrected chi connectivity index (χ3v) is 7.36. The molecule has 0 radical (unpaired) electrons. The fraction of sp³-hybridized carbons (Fsp3) is 0.292. The number of furan rings is 2. The normalized spacial score (nSPS) is 20.2. The highest BCUT2D eigenvalue weighted by atomic mass is 32.2. The Balaban J connectivity index is 1.19. The van der Waals surface area contributed by atoms with Gasteiger partial charge in [-0.2, -0.15) is 9.67 Å². The number of hydrogen-bond donors (Lipinski definition) is 0. The zero-order valence-electron chi connectivity index (χ0n) is 17.9. The van der Waals surface area contributed by atoms with Crippen molar-refractivity contribution in [2.24, 2.45) is 0 Å². The van der Waals surface area contributed by atoms with E-state index in [2.05, 4.69) is 44.1 Å². The van der Waals surface area contributed by atoms with Crippen LogP contribution in [0.25, 0.3) is 11.6 Å². The largest absolute Gasteiger partial charge is 0.468 e. The predicted molar refractivity (Wildman–Crippen MR) is 123 cm³/mol. The summed E-state index contributed by atoms with van der Waals surface area (Å²) in [4.78, 5) is 22.8.